The molecule has 1 unspecified atom stereocenters. The number of anilines is 1. The Bertz CT molecular complexity index is 762. The van der Waals surface area contributed by atoms with Crippen molar-refractivity contribution in [1.29, 1.82) is 0 Å². The highest BCUT2D eigenvalue weighted by molar-refractivity contribution is 6.29. The minimum atomic E-state index is -0.884. The Hall–Kier alpha value is -2.40. The van der Waals surface area contributed by atoms with Gasteiger partial charge in [0.05, 0.1) is 5.56 Å². The van der Waals surface area contributed by atoms with Gasteiger partial charge in [-0.15, -0.1) is 0 Å². The molecule has 24 heavy (non-hydrogen) atoms. The first kappa shape index (κ1) is 17.9. The number of carbonyl (C=O) groups is 2. The van der Waals surface area contributed by atoms with Crippen molar-refractivity contribution in [3.63, 3.8) is 0 Å². The van der Waals surface area contributed by atoms with Crippen molar-refractivity contribution >= 4 is 29.2 Å². The van der Waals surface area contributed by atoms with Gasteiger partial charge in [-0.2, -0.15) is 0 Å². The van der Waals surface area contributed by atoms with Crippen molar-refractivity contribution < 1.29 is 14.3 Å². The molecule has 2 aromatic rings. The van der Waals surface area contributed by atoms with Gasteiger partial charge in [-0.05, 0) is 44.0 Å². The minimum absolute atomic E-state index is 0.192. The molecule has 1 aromatic heterocycles. The standard InChI is InChI=1S/C18H19ClN2O3/c1-4-15(24-18(23)13-7-8-20-16(19)10-13)17(22)21-14-6-5-11(2)9-12(14)3/h5-10,15H,4H2,1-3H3,(H,21,22). The molecule has 1 heterocycles. The maximum Gasteiger partial charge on any atom is 0.339 e. The number of carbonyl (C=O) groups excluding carboxylic acids is 2. The first-order chi connectivity index (χ1) is 11.4. The quantitative estimate of drug-likeness (QED) is 0.658. The van der Waals surface area contributed by atoms with E-state index >= 15 is 0 Å². The molecular weight excluding hydrogens is 328 g/mol. The third-order valence-electron chi connectivity index (χ3n) is 3.51. The summed E-state index contributed by atoms with van der Waals surface area (Å²) in [5, 5.41) is 2.99. The summed E-state index contributed by atoms with van der Waals surface area (Å²) in [4.78, 5) is 28.3. The Balaban J connectivity index is 2.07. The highest BCUT2D eigenvalue weighted by Crippen LogP contribution is 2.17. The van der Waals surface area contributed by atoms with Crippen molar-refractivity contribution in [3.8, 4) is 0 Å². The summed E-state index contributed by atoms with van der Waals surface area (Å²) < 4.78 is 5.30. The largest absolute Gasteiger partial charge is 0.449 e. The topological polar surface area (TPSA) is 68.3 Å². The number of hydrogen-bond acceptors (Lipinski definition) is 4. The Labute approximate surface area is 146 Å². The molecule has 126 valence electrons. The molecule has 2 rings (SSSR count). The zero-order valence-electron chi connectivity index (χ0n) is 13.8. The summed E-state index contributed by atoms with van der Waals surface area (Å²) in [7, 11) is 0. The van der Waals surface area contributed by atoms with Gasteiger partial charge in [-0.25, -0.2) is 9.78 Å². The molecule has 0 radical (unpaired) electrons. The molecule has 5 nitrogen and oxygen atoms in total. The van der Waals surface area contributed by atoms with Crippen LogP contribution in [0.1, 0.15) is 34.8 Å². The number of nitrogens with one attached hydrogen (secondary N) is 1. The fourth-order valence-corrected chi connectivity index (χ4v) is 2.39. The van der Waals surface area contributed by atoms with Gasteiger partial charge in [-0.1, -0.05) is 36.2 Å². The summed E-state index contributed by atoms with van der Waals surface area (Å²) >= 11 is 5.76. The maximum absolute atomic E-state index is 12.4. The van der Waals surface area contributed by atoms with Crippen LogP contribution in [0, 0.1) is 13.8 Å². The summed E-state index contributed by atoms with van der Waals surface area (Å²) in [6, 6.07) is 8.61. The number of pyridine rings is 1. The lowest BCUT2D eigenvalue weighted by atomic mass is 10.1. The molecule has 0 aliphatic heterocycles. The Morgan fingerprint density at radius 1 is 1.25 bits per heavy atom. The van der Waals surface area contributed by atoms with Crippen LogP contribution in [-0.2, 0) is 9.53 Å². The van der Waals surface area contributed by atoms with Crippen LogP contribution < -0.4 is 5.32 Å². The van der Waals surface area contributed by atoms with E-state index in [0.717, 1.165) is 11.1 Å². The second-order valence-corrected chi connectivity index (χ2v) is 5.86. The average Bonchev–Trinajstić information content (AvgIpc) is 2.54. The van der Waals surface area contributed by atoms with E-state index in [2.05, 4.69) is 10.3 Å². The SMILES string of the molecule is CCC(OC(=O)c1ccnc(Cl)c1)C(=O)Nc1ccc(C)cc1C. The van der Waals surface area contributed by atoms with Gasteiger partial charge in [0.2, 0.25) is 0 Å². The van der Waals surface area contributed by atoms with Gasteiger partial charge in [-0.3, -0.25) is 4.79 Å². The van der Waals surface area contributed by atoms with E-state index in [4.69, 9.17) is 16.3 Å². The molecule has 0 aliphatic rings. The van der Waals surface area contributed by atoms with E-state index < -0.39 is 12.1 Å². The second kappa shape index (κ2) is 7.93. The highest BCUT2D eigenvalue weighted by Gasteiger charge is 2.22. The van der Waals surface area contributed by atoms with Gasteiger partial charge in [0, 0.05) is 11.9 Å². The van der Waals surface area contributed by atoms with Crippen LogP contribution in [0.5, 0.6) is 0 Å². The zero-order chi connectivity index (χ0) is 17.7. The van der Waals surface area contributed by atoms with Crippen LogP contribution >= 0.6 is 11.6 Å². The zero-order valence-corrected chi connectivity index (χ0v) is 14.6. The van der Waals surface area contributed by atoms with Gasteiger partial charge < -0.3 is 10.1 Å². The normalized spacial score (nSPS) is 11.7. The van der Waals surface area contributed by atoms with Crippen LogP contribution in [0.15, 0.2) is 36.5 Å². The molecule has 0 fully saturated rings. The number of amides is 1. The molecule has 6 heteroatoms. The number of ether oxygens (including phenoxy) is 1. The molecule has 0 aliphatic carbocycles. The molecule has 0 saturated heterocycles. The van der Waals surface area contributed by atoms with Crippen LogP contribution in [0.2, 0.25) is 5.15 Å². The number of rotatable bonds is 5. The predicted molar refractivity (Wildman–Crippen MR) is 93.3 cm³/mol. The van der Waals surface area contributed by atoms with E-state index in [1.165, 1.54) is 18.3 Å². The molecule has 1 N–H and O–H groups in total. The summed E-state index contributed by atoms with van der Waals surface area (Å²) in [6.45, 7) is 5.67. The third kappa shape index (κ3) is 4.55. The van der Waals surface area contributed by atoms with Gasteiger partial charge in [0.15, 0.2) is 6.10 Å². The van der Waals surface area contributed by atoms with Gasteiger partial charge in [0.25, 0.3) is 5.91 Å². The van der Waals surface area contributed by atoms with Crippen molar-refractivity contribution in [1.82, 2.24) is 4.98 Å². The van der Waals surface area contributed by atoms with Crippen LogP contribution in [0.25, 0.3) is 0 Å². The Morgan fingerprint density at radius 2 is 2.00 bits per heavy atom. The van der Waals surface area contributed by atoms with Crippen LogP contribution in [-0.4, -0.2) is 23.0 Å². The number of hydrogen-bond donors (Lipinski definition) is 1. The maximum atomic E-state index is 12.4. The summed E-state index contributed by atoms with van der Waals surface area (Å²) in [6.07, 6.45) is 0.891. The van der Waals surface area contributed by atoms with Crippen molar-refractivity contribution in [2.45, 2.75) is 33.3 Å². The summed E-state index contributed by atoms with van der Waals surface area (Å²) in [5.41, 5.74) is 3.02. The average molecular weight is 347 g/mol. The predicted octanol–water partition coefficient (Wildman–Crippen LogP) is 3.93. The highest BCUT2D eigenvalue weighted by atomic mass is 35.5. The van der Waals surface area contributed by atoms with E-state index in [-0.39, 0.29) is 16.6 Å². The molecule has 1 aromatic carbocycles. The number of nitrogens with zero attached hydrogens (tertiary/aromatic N) is 1. The van der Waals surface area contributed by atoms with Crippen molar-refractivity contribution in [3.05, 3.63) is 58.4 Å². The summed E-state index contributed by atoms with van der Waals surface area (Å²) in [5.74, 6) is -0.972. The van der Waals surface area contributed by atoms with E-state index in [1.54, 1.807) is 6.92 Å². The number of aromatic nitrogens is 1. The Kier molecular flexibility index (Phi) is 5.93. The van der Waals surface area contributed by atoms with E-state index in [9.17, 15) is 9.59 Å². The number of benzene rings is 1. The minimum Gasteiger partial charge on any atom is -0.449 e. The smallest absolute Gasteiger partial charge is 0.339 e. The molecular formula is C18H19ClN2O3. The van der Waals surface area contributed by atoms with Crippen LogP contribution in [0.4, 0.5) is 5.69 Å². The number of halogens is 1. The Morgan fingerprint density at radius 3 is 2.62 bits per heavy atom. The monoisotopic (exact) mass is 346 g/mol. The first-order valence-electron chi connectivity index (χ1n) is 7.61. The lowest BCUT2D eigenvalue weighted by Gasteiger charge is -2.17. The van der Waals surface area contributed by atoms with E-state index in [0.29, 0.717) is 12.1 Å². The lowest BCUT2D eigenvalue weighted by Crippen LogP contribution is -2.32. The van der Waals surface area contributed by atoms with E-state index in [1.807, 2.05) is 32.0 Å². The second-order valence-electron chi connectivity index (χ2n) is 5.48. The van der Waals surface area contributed by atoms with Gasteiger partial charge in [0.1, 0.15) is 5.15 Å². The lowest BCUT2D eigenvalue weighted by molar-refractivity contribution is -0.124. The third-order valence-corrected chi connectivity index (χ3v) is 3.72. The number of esters is 1. The van der Waals surface area contributed by atoms with Gasteiger partial charge >= 0.3 is 5.97 Å². The fourth-order valence-electron chi connectivity index (χ4n) is 2.22. The fraction of sp³-hybridized carbons (Fsp3) is 0.278. The van der Waals surface area contributed by atoms with Crippen molar-refractivity contribution in [2.24, 2.45) is 0 Å². The molecule has 1 amide bonds. The van der Waals surface area contributed by atoms with Crippen molar-refractivity contribution in [2.75, 3.05) is 5.32 Å². The number of aryl methyl sites for hydroxylation is 2. The molecule has 0 bridgehead atoms. The first-order valence-corrected chi connectivity index (χ1v) is 7.99. The molecule has 1 atom stereocenters. The van der Waals surface area contributed by atoms with Crippen LogP contribution in [0.3, 0.4) is 0 Å². The molecule has 0 saturated carbocycles. The molecule has 0 spiro atoms.